The van der Waals surface area contributed by atoms with Gasteiger partial charge in [-0.2, -0.15) is 10.2 Å². The number of nitrogens with zero attached hydrogens (tertiary/aromatic N) is 3. The predicted molar refractivity (Wildman–Crippen MR) is 108 cm³/mol. The molecule has 0 aliphatic rings. The van der Waals surface area contributed by atoms with Gasteiger partial charge >= 0.3 is 0 Å². The summed E-state index contributed by atoms with van der Waals surface area (Å²) in [6.07, 6.45) is 4.84. The fourth-order valence-electron chi connectivity index (χ4n) is 2.91. The Labute approximate surface area is 166 Å². The molecule has 0 saturated heterocycles. The van der Waals surface area contributed by atoms with Crippen LogP contribution in [0.1, 0.15) is 21.6 Å². The summed E-state index contributed by atoms with van der Waals surface area (Å²) in [5.41, 5.74) is 2.72. The molecule has 0 unspecified atom stereocenters. The number of aromatic nitrogens is 5. The van der Waals surface area contributed by atoms with Crippen LogP contribution < -0.4 is 10.9 Å². The number of amides is 1. The van der Waals surface area contributed by atoms with E-state index in [-0.39, 0.29) is 5.56 Å². The molecule has 0 fully saturated rings. The van der Waals surface area contributed by atoms with Crippen LogP contribution in [0.3, 0.4) is 0 Å². The van der Waals surface area contributed by atoms with Crippen LogP contribution in [0.2, 0.25) is 0 Å². The van der Waals surface area contributed by atoms with Gasteiger partial charge in [0.05, 0.1) is 5.69 Å². The van der Waals surface area contributed by atoms with Crippen molar-refractivity contribution in [2.75, 3.05) is 5.32 Å². The number of carbonyl (C=O) groups is 1. The number of hydrogen-bond donors (Lipinski definition) is 3. The second-order valence-corrected chi connectivity index (χ2v) is 6.45. The van der Waals surface area contributed by atoms with E-state index in [4.69, 9.17) is 0 Å². The lowest BCUT2D eigenvalue weighted by molar-refractivity contribution is 0.102. The minimum absolute atomic E-state index is 0.0411. The molecule has 0 radical (unpaired) electrons. The monoisotopic (exact) mass is 386 g/mol. The average Bonchev–Trinajstić information content (AvgIpc) is 3.21. The van der Waals surface area contributed by atoms with Crippen molar-refractivity contribution in [3.63, 3.8) is 0 Å². The molecule has 3 heterocycles. The molecule has 3 aromatic heterocycles. The molecule has 1 aromatic carbocycles. The summed E-state index contributed by atoms with van der Waals surface area (Å²) in [6, 6.07) is 16.8. The van der Waals surface area contributed by atoms with E-state index >= 15 is 0 Å². The van der Waals surface area contributed by atoms with Gasteiger partial charge < -0.3 is 5.32 Å². The van der Waals surface area contributed by atoms with Crippen LogP contribution in [0, 0.1) is 0 Å². The molecule has 8 nitrogen and oxygen atoms in total. The van der Waals surface area contributed by atoms with E-state index in [2.05, 4.69) is 42.8 Å². The highest BCUT2D eigenvalue weighted by Gasteiger charge is 2.15. The predicted octanol–water partition coefficient (Wildman–Crippen LogP) is 2.59. The number of H-pyrrole nitrogens is 2. The van der Waals surface area contributed by atoms with E-state index in [0.29, 0.717) is 11.5 Å². The zero-order valence-corrected chi connectivity index (χ0v) is 15.4. The number of benzene rings is 1. The van der Waals surface area contributed by atoms with Crippen molar-refractivity contribution in [1.29, 1.82) is 0 Å². The van der Waals surface area contributed by atoms with E-state index in [0.717, 1.165) is 24.1 Å². The maximum Gasteiger partial charge on any atom is 0.277 e. The Morgan fingerprint density at radius 2 is 1.72 bits per heavy atom. The third kappa shape index (κ3) is 4.44. The summed E-state index contributed by atoms with van der Waals surface area (Å²) >= 11 is 0. The van der Waals surface area contributed by atoms with Crippen LogP contribution in [0.25, 0.3) is 11.3 Å². The van der Waals surface area contributed by atoms with Gasteiger partial charge in [-0.15, -0.1) is 0 Å². The van der Waals surface area contributed by atoms with Gasteiger partial charge in [-0.25, -0.2) is 5.10 Å². The highest BCUT2D eigenvalue weighted by molar-refractivity contribution is 6.04. The molecule has 3 N–H and O–H groups in total. The number of aryl methyl sites for hydroxylation is 2. The molecule has 4 aromatic rings. The van der Waals surface area contributed by atoms with Crippen molar-refractivity contribution >= 4 is 11.7 Å². The summed E-state index contributed by atoms with van der Waals surface area (Å²) in [6.45, 7) is 0. The molecule has 0 saturated carbocycles. The smallest absolute Gasteiger partial charge is 0.277 e. The number of carbonyl (C=O) groups excluding carboxylic acids is 1. The second-order valence-electron chi connectivity index (χ2n) is 6.45. The van der Waals surface area contributed by atoms with Crippen LogP contribution in [-0.4, -0.2) is 31.3 Å². The van der Waals surface area contributed by atoms with Crippen molar-refractivity contribution in [3.8, 4) is 11.3 Å². The van der Waals surface area contributed by atoms with Gasteiger partial charge in [-0.05, 0) is 36.6 Å². The topological polar surface area (TPSA) is 116 Å². The quantitative estimate of drug-likeness (QED) is 0.471. The Kier molecular flexibility index (Phi) is 5.24. The van der Waals surface area contributed by atoms with E-state index in [1.807, 2.05) is 18.2 Å². The fraction of sp³-hybridized carbons (Fsp3) is 0.0952. The minimum Gasteiger partial charge on any atom is -0.305 e. The Bertz CT molecular complexity index is 1170. The summed E-state index contributed by atoms with van der Waals surface area (Å²) < 4.78 is 0. The van der Waals surface area contributed by atoms with Gasteiger partial charge in [0.2, 0.25) is 0 Å². The number of nitrogens with one attached hydrogen (secondary N) is 3. The summed E-state index contributed by atoms with van der Waals surface area (Å²) in [5.74, 6) is -0.190. The summed E-state index contributed by atoms with van der Waals surface area (Å²) in [7, 11) is 0. The SMILES string of the molecule is O=C(Nc1cc(CCc2ccccc2)[nH]n1)c1cc(-c2ccncc2)n[nH]c1=O. The maximum atomic E-state index is 12.6. The third-order valence-electron chi connectivity index (χ3n) is 4.42. The first-order valence-corrected chi connectivity index (χ1v) is 9.09. The van der Waals surface area contributed by atoms with Crippen molar-refractivity contribution < 1.29 is 4.79 Å². The van der Waals surface area contributed by atoms with Gasteiger partial charge in [-0.3, -0.25) is 19.7 Å². The Morgan fingerprint density at radius 1 is 0.931 bits per heavy atom. The lowest BCUT2D eigenvalue weighted by atomic mass is 10.1. The molecule has 1 amide bonds. The Morgan fingerprint density at radius 3 is 2.52 bits per heavy atom. The highest BCUT2D eigenvalue weighted by Crippen LogP contribution is 2.15. The number of aromatic amines is 2. The molecular formula is C21H18N6O2. The van der Waals surface area contributed by atoms with Crippen LogP contribution in [0.5, 0.6) is 0 Å². The summed E-state index contributed by atoms with van der Waals surface area (Å²) in [4.78, 5) is 28.6. The normalized spacial score (nSPS) is 10.6. The minimum atomic E-state index is -0.569. The molecule has 8 heteroatoms. The molecule has 4 rings (SSSR count). The molecule has 29 heavy (non-hydrogen) atoms. The van der Waals surface area contributed by atoms with E-state index in [9.17, 15) is 9.59 Å². The second kappa shape index (κ2) is 8.30. The standard InChI is InChI=1S/C21H18N6O2/c28-20(17-13-18(25-27-21(17)29)15-8-10-22-11-9-15)23-19-12-16(24-26-19)7-6-14-4-2-1-3-5-14/h1-5,8-13H,6-7H2,(H,27,29)(H2,23,24,26,28). The average molecular weight is 386 g/mol. The summed E-state index contributed by atoms with van der Waals surface area (Å²) in [5, 5.41) is 16.0. The molecule has 0 aliphatic heterocycles. The van der Waals surface area contributed by atoms with E-state index in [1.54, 1.807) is 30.6 Å². The zero-order valence-electron chi connectivity index (χ0n) is 15.4. The lowest BCUT2D eigenvalue weighted by Crippen LogP contribution is -2.24. The fourth-order valence-corrected chi connectivity index (χ4v) is 2.91. The maximum absolute atomic E-state index is 12.6. The van der Waals surface area contributed by atoms with Crippen LogP contribution >= 0.6 is 0 Å². The Balaban J connectivity index is 1.46. The van der Waals surface area contributed by atoms with Crippen LogP contribution in [0.15, 0.2) is 71.8 Å². The first-order valence-electron chi connectivity index (χ1n) is 9.09. The zero-order chi connectivity index (χ0) is 20.1. The van der Waals surface area contributed by atoms with Crippen molar-refractivity contribution in [3.05, 3.63) is 94.2 Å². The third-order valence-corrected chi connectivity index (χ3v) is 4.42. The molecule has 0 spiro atoms. The van der Waals surface area contributed by atoms with Crippen LogP contribution in [-0.2, 0) is 12.8 Å². The van der Waals surface area contributed by atoms with Crippen molar-refractivity contribution in [2.24, 2.45) is 0 Å². The van der Waals surface area contributed by atoms with Crippen LogP contribution in [0.4, 0.5) is 5.82 Å². The van der Waals surface area contributed by atoms with Gasteiger partial charge in [0.1, 0.15) is 5.56 Å². The highest BCUT2D eigenvalue weighted by atomic mass is 16.2. The van der Waals surface area contributed by atoms with Gasteiger partial charge in [0, 0.05) is 29.7 Å². The van der Waals surface area contributed by atoms with Crippen molar-refractivity contribution in [2.45, 2.75) is 12.8 Å². The molecular weight excluding hydrogens is 368 g/mol. The van der Waals surface area contributed by atoms with Gasteiger partial charge in [0.15, 0.2) is 5.82 Å². The molecule has 0 atom stereocenters. The van der Waals surface area contributed by atoms with Crippen molar-refractivity contribution in [1.82, 2.24) is 25.4 Å². The van der Waals surface area contributed by atoms with E-state index < -0.39 is 11.5 Å². The number of rotatable bonds is 6. The van der Waals surface area contributed by atoms with Gasteiger partial charge in [0.25, 0.3) is 11.5 Å². The number of anilines is 1. The van der Waals surface area contributed by atoms with Gasteiger partial charge in [-0.1, -0.05) is 30.3 Å². The number of pyridine rings is 1. The first-order chi connectivity index (χ1) is 14.2. The Hall–Kier alpha value is -4.07. The molecule has 0 bridgehead atoms. The van der Waals surface area contributed by atoms with E-state index in [1.165, 1.54) is 11.6 Å². The lowest BCUT2D eigenvalue weighted by Gasteiger charge is -2.04. The molecule has 144 valence electrons. The number of hydrogen-bond acceptors (Lipinski definition) is 5. The molecule has 0 aliphatic carbocycles. The first kappa shape index (κ1) is 18.3. The largest absolute Gasteiger partial charge is 0.305 e.